The fourth-order valence-electron chi connectivity index (χ4n) is 2.39. The molecule has 1 aromatic carbocycles. The molecule has 6 nitrogen and oxygen atoms in total. The molecular weight excluding hydrogens is 359 g/mol. The first kappa shape index (κ1) is 19.5. The number of unbranched alkanes of at least 4 members (excludes halogenated alkanes) is 1. The average Bonchev–Trinajstić information content (AvgIpc) is 3.11. The van der Waals surface area contributed by atoms with Crippen molar-refractivity contribution in [1.82, 2.24) is 25.4 Å². The molecule has 2 N–H and O–H groups in total. The zero-order valence-electron chi connectivity index (χ0n) is 14.4. The quantitative estimate of drug-likeness (QED) is 0.397. The zero-order valence-corrected chi connectivity index (χ0v) is 15.9. The second-order valence-electron chi connectivity index (χ2n) is 5.67. The highest BCUT2D eigenvalue weighted by molar-refractivity contribution is 6.35. The molecule has 0 amide bonds. The Morgan fingerprint density at radius 3 is 2.48 bits per heavy atom. The van der Waals surface area contributed by atoms with E-state index in [1.54, 1.807) is 25.8 Å². The van der Waals surface area contributed by atoms with Gasteiger partial charge in [-0.15, -0.1) is 10.2 Å². The Bertz CT molecular complexity index is 657. The van der Waals surface area contributed by atoms with Gasteiger partial charge in [0.25, 0.3) is 0 Å². The van der Waals surface area contributed by atoms with Gasteiger partial charge in [0, 0.05) is 36.7 Å². The summed E-state index contributed by atoms with van der Waals surface area (Å²) in [4.78, 5) is 4.24. The van der Waals surface area contributed by atoms with Crippen LogP contribution >= 0.6 is 23.2 Å². The molecule has 0 radical (unpaired) electrons. The molecule has 0 aliphatic rings. The minimum Gasteiger partial charge on any atom is -0.356 e. The first-order valence-electron chi connectivity index (χ1n) is 8.40. The predicted octanol–water partition coefficient (Wildman–Crippen LogP) is 3.16. The number of aryl methyl sites for hydroxylation is 2. The van der Waals surface area contributed by atoms with E-state index >= 15 is 0 Å². The lowest BCUT2D eigenvalue weighted by Gasteiger charge is -2.12. The van der Waals surface area contributed by atoms with E-state index in [0.717, 1.165) is 61.9 Å². The van der Waals surface area contributed by atoms with Crippen LogP contribution in [0.15, 0.2) is 35.8 Å². The van der Waals surface area contributed by atoms with Crippen LogP contribution in [0.4, 0.5) is 0 Å². The highest BCUT2D eigenvalue weighted by Gasteiger charge is 2.02. The maximum atomic E-state index is 6.18. The van der Waals surface area contributed by atoms with Gasteiger partial charge in [0.15, 0.2) is 5.96 Å². The molecule has 2 rings (SSSR count). The summed E-state index contributed by atoms with van der Waals surface area (Å²) in [5, 5.41) is 15.6. The second-order valence-corrected chi connectivity index (χ2v) is 6.52. The molecule has 0 unspecified atom stereocenters. The number of nitrogens with one attached hydrogen (secondary N) is 2. The van der Waals surface area contributed by atoms with Crippen LogP contribution in [0, 0.1) is 0 Å². The van der Waals surface area contributed by atoms with E-state index in [-0.39, 0.29) is 0 Å². The number of aliphatic imine (C=N–C) groups is 1. The van der Waals surface area contributed by atoms with Gasteiger partial charge in [-0.05, 0) is 43.4 Å². The molecule has 0 atom stereocenters. The Hall–Kier alpha value is -1.79. The summed E-state index contributed by atoms with van der Waals surface area (Å²) in [5.74, 6) is 0.825. The van der Waals surface area contributed by atoms with Crippen LogP contribution in [0.5, 0.6) is 0 Å². The lowest BCUT2D eigenvalue weighted by Crippen LogP contribution is -2.38. The highest BCUT2D eigenvalue weighted by Crippen LogP contribution is 2.21. The van der Waals surface area contributed by atoms with Gasteiger partial charge in [-0.2, -0.15) is 0 Å². The van der Waals surface area contributed by atoms with E-state index in [4.69, 9.17) is 23.2 Å². The average molecular weight is 383 g/mol. The van der Waals surface area contributed by atoms with Crippen molar-refractivity contribution in [2.24, 2.45) is 4.99 Å². The van der Waals surface area contributed by atoms with E-state index in [1.165, 1.54) is 0 Å². The molecule has 136 valence electrons. The largest absolute Gasteiger partial charge is 0.356 e. The summed E-state index contributed by atoms with van der Waals surface area (Å²) in [6.45, 7) is 2.65. The number of guanidine groups is 1. The van der Waals surface area contributed by atoms with Crippen molar-refractivity contribution >= 4 is 29.2 Å². The van der Waals surface area contributed by atoms with Crippen LogP contribution in [0.2, 0.25) is 10.0 Å². The third-order valence-corrected chi connectivity index (χ3v) is 4.34. The number of nitrogens with zero attached hydrogens (tertiary/aromatic N) is 4. The normalized spacial score (nSPS) is 11.6. The maximum Gasteiger partial charge on any atom is 0.190 e. The second kappa shape index (κ2) is 10.9. The fraction of sp³-hybridized carbons (Fsp3) is 0.471. The Balaban J connectivity index is 1.57. The predicted molar refractivity (Wildman–Crippen MR) is 103 cm³/mol. The van der Waals surface area contributed by atoms with Gasteiger partial charge >= 0.3 is 0 Å². The molecule has 0 aliphatic heterocycles. The summed E-state index contributed by atoms with van der Waals surface area (Å²) in [5.41, 5.74) is 1.12. The van der Waals surface area contributed by atoms with Crippen molar-refractivity contribution in [2.45, 2.75) is 32.2 Å². The summed E-state index contributed by atoms with van der Waals surface area (Å²) in [6.07, 6.45) is 7.46. The lowest BCUT2D eigenvalue weighted by molar-refractivity contribution is 0.597. The molecule has 1 aromatic heterocycles. The van der Waals surface area contributed by atoms with Crippen LogP contribution in [0.25, 0.3) is 0 Å². The zero-order chi connectivity index (χ0) is 17.9. The summed E-state index contributed by atoms with van der Waals surface area (Å²) >= 11 is 12.1. The fourth-order valence-corrected chi connectivity index (χ4v) is 2.90. The topological polar surface area (TPSA) is 67.1 Å². The van der Waals surface area contributed by atoms with Crippen LogP contribution in [0.3, 0.4) is 0 Å². The minimum absolute atomic E-state index is 0.667. The maximum absolute atomic E-state index is 6.18. The molecule has 0 saturated carbocycles. The first-order valence-corrected chi connectivity index (χ1v) is 9.15. The third-order valence-electron chi connectivity index (χ3n) is 3.76. The number of aromatic nitrogens is 3. The van der Waals surface area contributed by atoms with Gasteiger partial charge in [-0.3, -0.25) is 4.99 Å². The van der Waals surface area contributed by atoms with Gasteiger partial charge in [-0.1, -0.05) is 29.3 Å². The molecule has 0 aliphatic carbocycles. The molecule has 2 aromatic rings. The summed E-state index contributed by atoms with van der Waals surface area (Å²) < 4.78 is 1.98. The van der Waals surface area contributed by atoms with Crippen molar-refractivity contribution in [3.05, 3.63) is 46.5 Å². The van der Waals surface area contributed by atoms with Crippen molar-refractivity contribution in [3.63, 3.8) is 0 Å². The Labute approximate surface area is 158 Å². The van der Waals surface area contributed by atoms with Crippen molar-refractivity contribution < 1.29 is 0 Å². The molecule has 0 spiro atoms. The molecule has 0 fully saturated rings. The first-order chi connectivity index (χ1) is 12.2. The molecule has 0 bridgehead atoms. The number of benzene rings is 1. The molecular formula is C17H24Cl2N6. The molecule has 25 heavy (non-hydrogen) atoms. The molecule has 8 heteroatoms. The van der Waals surface area contributed by atoms with E-state index in [1.807, 2.05) is 16.7 Å². The van der Waals surface area contributed by atoms with E-state index < -0.39 is 0 Å². The smallest absolute Gasteiger partial charge is 0.190 e. The monoisotopic (exact) mass is 382 g/mol. The molecule has 1 heterocycles. The number of hydrogen-bond acceptors (Lipinski definition) is 3. The SMILES string of the molecule is CN=C(NCCCCn1cnnc1)NCCCc1ccc(Cl)cc1Cl. The number of hydrogen-bond donors (Lipinski definition) is 2. The van der Waals surface area contributed by atoms with Crippen molar-refractivity contribution in [3.8, 4) is 0 Å². The lowest BCUT2D eigenvalue weighted by atomic mass is 10.1. The summed E-state index contributed by atoms with van der Waals surface area (Å²) in [7, 11) is 1.78. The Morgan fingerprint density at radius 1 is 1.08 bits per heavy atom. The Kier molecular flexibility index (Phi) is 8.55. The number of halogens is 2. The Morgan fingerprint density at radius 2 is 1.80 bits per heavy atom. The van der Waals surface area contributed by atoms with Crippen LogP contribution in [-0.4, -0.2) is 40.9 Å². The van der Waals surface area contributed by atoms with E-state index in [0.29, 0.717) is 5.02 Å². The van der Waals surface area contributed by atoms with E-state index in [9.17, 15) is 0 Å². The third kappa shape index (κ3) is 7.32. The van der Waals surface area contributed by atoms with Crippen LogP contribution in [-0.2, 0) is 13.0 Å². The van der Waals surface area contributed by atoms with Crippen LogP contribution < -0.4 is 10.6 Å². The molecule has 0 saturated heterocycles. The van der Waals surface area contributed by atoms with Gasteiger partial charge in [0.1, 0.15) is 12.7 Å². The van der Waals surface area contributed by atoms with Crippen molar-refractivity contribution in [2.75, 3.05) is 20.1 Å². The standard InChI is InChI=1S/C17H24Cl2N6/c1-20-17(21-8-2-3-10-25-12-23-24-13-25)22-9-4-5-14-6-7-15(18)11-16(14)19/h6-7,11-13H,2-5,8-10H2,1H3,(H2,20,21,22). The van der Waals surface area contributed by atoms with Gasteiger partial charge in [-0.25, -0.2) is 0 Å². The van der Waals surface area contributed by atoms with Gasteiger partial charge in [0.2, 0.25) is 0 Å². The number of rotatable bonds is 9. The van der Waals surface area contributed by atoms with E-state index in [2.05, 4.69) is 25.8 Å². The summed E-state index contributed by atoms with van der Waals surface area (Å²) in [6, 6.07) is 5.64. The minimum atomic E-state index is 0.667. The van der Waals surface area contributed by atoms with Crippen molar-refractivity contribution in [1.29, 1.82) is 0 Å². The highest BCUT2D eigenvalue weighted by atomic mass is 35.5. The van der Waals surface area contributed by atoms with Gasteiger partial charge < -0.3 is 15.2 Å². The van der Waals surface area contributed by atoms with Crippen LogP contribution in [0.1, 0.15) is 24.8 Å². The van der Waals surface area contributed by atoms with Gasteiger partial charge in [0.05, 0.1) is 0 Å².